The largest absolute Gasteiger partial charge is 2.00 e. The first kappa shape index (κ1) is 23.6. The van der Waals surface area contributed by atoms with Crippen molar-refractivity contribution in [2.24, 2.45) is 5.92 Å². The van der Waals surface area contributed by atoms with Gasteiger partial charge in [-0.2, -0.15) is 5.57 Å². The standard InChI is InChI=1S/C14H19.2CH2O2.ClH.Ti/c1-10-11-6-2-4-8-13(11)14-9-5-3-7-12(10)14;2*2-1-3;;/h6,10H,2-5,7-9H2,1H3;2*1H,(H,2,3);1H;/q-1;;;;+2/p-1. The molecule has 3 aliphatic carbocycles. The van der Waals surface area contributed by atoms with Gasteiger partial charge < -0.3 is 22.6 Å². The molecular formula is C16H23ClO4Ti. The van der Waals surface area contributed by atoms with E-state index < -0.39 is 0 Å². The first-order valence-electron chi connectivity index (χ1n) is 7.15. The normalized spacial score (nSPS) is 21.0. The van der Waals surface area contributed by atoms with Gasteiger partial charge in [-0.1, -0.05) is 31.8 Å². The quantitative estimate of drug-likeness (QED) is 0.376. The van der Waals surface area contributed by atoms with Crippen LogP contribution < -0.4 is 12.4 Å². The Kier molecular flexibility index (Phi) is 13.7. The Morgan fingerprint density at radius 3 is 2.09 bits per heavy atom. The van der Waals surface area contributed by atoms with Crippen LogP contribution in [-0.2, 0) is 31.3 Å². The Balaban J connectivity index is 0. The average molecular weight is 363 g/mol. The van der Waals surface area contributed by atoms with Crippen LogP contribution in [0.15, 0.2) is 22.3 Å². The van der Waals surface area contributed by atoms with Crippen molar-refractivity contribution >= 4 is 12.9 Å². The van der Waals surface area contributed by atoms with Gasteiger partial charge in [0, 0.05) is 0 Å². The molecule has 0 aromatic carbocycles. The van der Waals surface area contributed by atoms with E-state index >= 15 is 0 Å². The minimum atomic E-state index is -0.250. The van der Waals surface area contributed by atoms with Gasteiger partial charge in [0.15, 0.2) is 0 Å². The fourth-order valence-corrected chi connectivity index (χ4v) is 3.51. The predicted octanol–water partition coefficient (Wildman–Crippen LogP) is 0.595. The van der Waals surface area contributed by atoms with Crippen LogP contribution in [0.3, 0.4) is 0 Å². The van der Waals surface area contributed by atoms with Crippen LogP contribution in [-0.4, -0.2) is 23.2 Å². The summed E-state index contributed by atoms with van der Waals surface area (Å²) in [6, 6.07) is 0. The van der Waals surface area contributed by atoms with Crippen LogP contribution in [0, 0.1) is 12.3 Å². The van der Waals surface area contributed by atoms with Crippen molar-refractivity contribution in [2.45, 2.75) is 51.9 Å². The average Bonchev–Trinajstić information content (AvgIpc) is 2.76. The maximum absolute atomic E-state index is 8.36. The summed E-state index contributed by atoms with van der Waals surface area (Å²) in [5.74, 6) is 0.778. The van der Waals surface area contributed by atoms with E-state index in [1.165, 1.54) is 44.9 Å². The third-order valence-electron chi connectivity index (χ3n) is 4.21. The molecule has 1 atom stereocenters. The van der Waals surface area contributed by atoms with Crippen LogP contribution in [0.1, 0.15) is 51.9 Å². The number of fused-ring (bicyclic) bond motifs is 1. The van der Waals surface area contributed by atoms with Crippen LogP contribution in [0.4, 0.5) is 0 Å². The Hall–Kier alpha value is -0.706. The summed E-state index contributed by atoms with van der Waals surface area (Å²) >= 11 is 0. The van der Waals surface area contributed by atoms with E-state index in [2.05, 4.69) is 13.3 Å². The molecular weight excluding hydrogens is 339 g/mol. The van der Waals surface area contributed by atoms with Crippen molar-refractivity contribution in [3.05, 3.63) is 28.7 Å². The molecule has 0 saturated heterocycles. The molecule has 6 heteroatoms. The number of halogens is 1. The Morgan fingerprint density at radius 1 is 1.00 bits per heavy atom. The van der Waals surface area contributed by atoms with E-state index in [1.54, 1.807) is 22.3 Å². The van der Waals surface area contributed by atoms with Crippen LogP contribution in [0.5, 0.6) is 0 Å². The fourth-order valence-electron chi connectivity index (χ4n) is 3.51. The zero-order valence-corrected chi connectivity index (χ0v) is 15.2. The molecule has 0 spiro atoms. The molecule has 0 bridgehead atoms. The monoisotopic (exact) mass is 362 g/mol. The fraction of sp³-hybridized carbons (Fsp3) is 0.562. The number of carboxylic acid groups (broad SMARTS) is 2. The number of rotatable bonds is 0. The number of carbonyl (C=O) groups is 2. The van der Waals surface area contributed by atoms with Crippen molar-refractivity contribution in [2.75, 3.05) is 0 Å². The molecule has 3 rings (SSSR count). The third-order valence-corrected chi connectivity index (χ3v) is 4.21. The van der Waals surface area contributed by atoms with E-state index in [9.17, 15) is 0 Å². The molecule has 4 nitrogen and oxygen atoms in total. The summed E-state index contributed by atoms with van der Waals surface area (Å²) in [6.45, 7) is 1.92. The Labute approximate surface area is 153 Å². The zero-order valence-electron chi connectivity index (χ0n) is 12.8. The van der Waals surface area contributed by atoms with Crippen molar-refractivity contribution in [3.63, 3.8) is 0 Å². The molecule has 0 saturated carbocycles. The summed E-state index contributed by atoms with van der Waals surface area (Å²) in [5.41, 5.74) is 7.07. The van der Waals surface area contributed by atoms with Gasteiger partial charge in [0.1, 0.15) is 0 Å². The maximum atomic E-state index is 8.36. The van der Waals surface area contributed by atoms with Gasteiger partial charge in [0.05, 0.1) is 0 Å². The molecule has 0 aromatic rings. The Bertz CT molecular complexity index is 380. The van der Waals surface area contributed by atoms with E-state index in [1.807, 2.05) is 0 Å². The zero-order chi connectivity index (χ0) is 15.0. The van der Waals surface area contributed by atoms with Crippen LogP contribution >= 0.6 is 0 Å². The first-order valence-corrected chi connectivity index (χ1v) is 7.15. The number of hydrogen-bond donors (Lipinski definition) is 2. The van der Waals surface area contributed by atoms with Crippen molar-refractivity contribution in [1.29, 1.82) is 0 Å². The van der Waals surface area contributed by atoms with Crippen LogP contribution in [0.25, 0.3) is 0 Å². The van der Waals surface area contributed by atoms with Gasteiger partial charge in [-0.15, -0.1) is 12.0 Å². The molecule has 122 valence electrons. The summed E-state index contributed by atoms with van der Waals surface area (Å²) in [7, 11) is 0. The van der Waals surface area contributed by atoms with E-state index in [0.29, 0.717) is 0 Å². The van der Waals surface area contributed by atoms with Gasteiger partial charge in [-0.3, -0.25) is 9.59 Å². The van der Waals surface area contributed by atoms with Crippen molar-refractivity contribution in [1.82, 2.24) is 0 Å². The number of allylic oxidation sites excluding steroid dienone is 4. The molecule has 22 heavy (non-hydrogen) atoms. The molecule has 0 aromatic heterocycles. The summed E-state index contributed by atoms with van der Waals surface area (Å²) in [4.78, 5) is 16.7. The SMILES string of the molecule is CC1C2=C(CCC[CH-]2)C2=C1CCCC2.O=CO.O=CO.[Cl-].[Ti+2]. The number of hydrogen-bond acceptors (Lipinski definition) is 2. The minimum Gasteiger partial charge on any atom is -1.00 e. The summed E-state index contributed by atoms with van der Waals surface area (Å²) in [5, 5.41) is 13.8. The second-order valence-electron chi connectivity index (χ2n) is 5.17. The Morgan fingerprint density at radius 2 is 1.50 bits per heavy atom. The molecule has 1 unspecified atom stereocenters. The van der Waals surface area contributed by atoms with E-state index in [4.69, 9.17) is 19.8 Å². The van der Waals surface area contributed by atoms with Gasteiger partial charge in [0.25, 0.3) is 12.9 Å². The second kappa shape index (κ2) is 12.8. The van der Waals surface area contributed by atoms with Gasteiger partial charge in [-0.25, -0.2) is 12.0 Å². The van der Waals surface area contributed by atoms with Crippen molar-refractivity contribution < 1.29 is 53.9 Å². The van der Waals surface area contributed by atoms with Gasteiger partial charge in [-0.05, 0) is 25.2 Å². The molecule has 0 aliphatic heterocycles. The maximum Gasteiger partial charge on any atom is 2.00 e. The summed E-state index contributed by atoms with van der Waals surface area (Å²) < 4.78 is 0. The molecule has 0 heterocycles. The molecule has 0 fully saturated rings. The minimum absolute atomic E-state index is 0. The smallest absolute Gasteiger partial charge is 1.00 e. The van der Waals surface area contributed by atoms with E-state index in [0.717, 1.165) is 5.92 Å². The molecule has 0 amide bonds. The van der Waals surface area contributed by atoms with Crippen LogP contribution in [0.2, 0.25) is 0 Å². The van der Waals surface area contributed by atoms with Gasteiger partial charge >= 0.3 is 21.7 Å². The predicted molar refractivity (Wildman–Crippen MR) is 77.2 cm³/mol. The van der Waals surface area contributed by atoms with E-state index in [-0.39, 0.29) is 47.1 Å². The summed E-state index contributed by atoms with van der Waals surface area (Å²) in [6.07, 6.45) is 12.2. The third kappa shape index (κ3) is 5.83. The first-order chi connectivity index (χ1) is 9.71. The molecule has 3 aliphatic rings. The van der Waals surface area contributed by atoms with Crippen molar-refractivity contribution in [3.8, 4) is 0 Å². The van der Waals surface area contributed by atoms with Gasteiger partial charge in [0.2, 0.25) is 0 Å². The molecule has 0 radical (unpaired) electrons. The molecule has 2 N–H and O–H groups in total. The second-order valence-corrected chi connectivity index (χ2v) is 5.17. The topological polar surface area (TPSA) is 74.6 Å².